The lowest BCUT2D eigenvalue weighted by Gasteiger charge is -2.11. The number of hydrogen-bond acceptors (Lipinski definition) is 5. The van der Waals surface area contributed by atoms with E-state index in [1.807, 2.05) is 6.92 Å². The fourth-order valence-electron chi connectivity index (χ4n) is 1.50. The average molecular weight is 256 g/mol. The van der Waals surface area contributed by atoms with Crippen LogP contribution in [0.5, 0.6) is 0 Å². The highest BCUT2D eigenvalue weighted by atomic mass is 32.2. The second-order valence-electron chi connectivity index (χ2n) is 3.70. The van der Waals surface area contributed by atoms with Crippen molar-refractivity contribution in [1.29, 1.82) is 0 Å². The highest BCUT2D eigenvalue weighted by Gasteiger charge is 2.07. The SMILES string of the molecule is CCCc1c(N)ncnc1NCCS(=O)CC. The molecule has 1 aromatic heterocycles. The Kier molecular flexibility index (Phi) is 5.90. The third-order valence-electron chi connectivity index (χ3n) is 2.42. The van der Waals surface area contributed by atoms with Gasteiger partial charge < -0.3 is 11.1 Å². The quantitative estimate of drug-likeness (QED) is 0.766. The summed E-state index contributed by atoms with van der Waals surface area (Å²) in [7, 11) is -0.753. The van der Waals surface area contributed by atoms with E-state index in [0.717, 1.165) is 24.2 Å². The summed E-state index contributed by atoms with van der Waals surface area (Å²) in [6.45, 7) is 4.65. The summed E-state index contributed by atoms with van der Waals surface area (Å²) in [6.07, 6.45) is 3.30. The van der Waals surface area contributed by atoms with E-state index in [-0.39, 0.29) is 0 Å². The van der Waals surface area contributed by atoms with Gasteiger partial charge in [-0.05, 0) is 6.42 Å². The standard InChI is InChI=1S/C11H20N4OS/c1-3-5-9-10(12)14-8-15-11(9)13-6-7-17(16)4-2/h8H,3-7H2,1-2H3,(H3,12,13,14,15). The third kappa shape index (κ3) is 4.30. The van der Waals surface area contributed by atoms with Crippen LogP contribution in [-0.2, 0) is 17.2 Å². The minimum absolute atomic E-state index is 0.529. The molecule has 5 nitrogen and oxygen atoms in total. The second-order valence-corrected chi connectivity index (χ2v) is 5.56. The van der Waals surface area contributed by atoms with Crippen molar-refractivity contribution in [2.24, 2.45) is 0 Å². The van der Waals surface area contributed by atoms with Gasteiger partial charge in [0.25, 0.3) is 0 Å². The highest BCUT2D eigenvalue weighted by Crippen LogP contribution is 2.18. The number of nitrogens with zero attached hydrogens (tertiary/aromatic N) is 2. The van der Waals surface area contributed by atoms with Crippen LogP contribution in [0.15, 0.2) is 6.33 Å². The zero-order valence-electron chi connectivity index (χ0n) is 10.4. The number of nitrogens with one attached hydrogen (secondary N) is 1. The van der Waals surface area contributed by atoms with E-state index in [2.05, 4.69) is 22.2 Å². The van der Waals surface area contributed by atoms with Crippen LogP contribution < -0.4 is 11.1 Å². The number of nitrogen functional groups attached to an aromatic ring is 1. The summed E-state index contributed by atoms with van der Waals surface area (Å²) < 4.78 is 11.3. The van der Waals surface area contributed by atoms with Gasteiger partial charge >= 0.3 is 0 Å². The van der Waals surface area contributed by atoms with Gasteiger partial charge in [0.2, 0.25) is 0 Å². The Hall–Kier alpha value is -1.17. The maximum atomic E-state index is 11.3. The molecule has 0 amide bonds. The molecule has 1 atom stereocenters. The Balaban J connectivity index is 2.63. The van der Waals surface area contributed by atoms with E-state index < -0.39 is 10.8 Å². The first-order chi connectivity index (χ1) is 8.19. The molecule has 6 heteroatoms. The lowest BCUT2D eigenvalue weighted by Crippen LogP contribution is -2.15. The Morgan fingerprint density at radius 3 is 2.82 bits per heavy atom. The van der Waals surface area contributed by atoms with Gasteiger partial charge in [-0.15, -0.1) is 0 Å². The summed E-state index contributed by atoms with van der Waals surface area (Å²) in [5, 5.41) is 3.18. The van der Waals surface area contributed by atoms with Gasteiger partial charge in [-0.25, -0.2) is 9.97 Å². The van der Waals surface area contributed by atoms with Gasteiger partial charge in [-0.1, -0.05) is 20.3 Å². The molecule has 1 aromatic rings. The number of aromatic nitrogens is 2. The van der Waals surface area contributed by atoms with E-state index in [9.17, 15) is 4.21 Å². The van der Waals surface area contributed by atoms with Crippen molar-refractivity contribution in [2.45, 2.75) is 26.7 Å². The second kappa shape index (κ2) is 7.21. The molecule has 17 heavy (non-hydrogen) atoms. The molecular formula is C11H20N4OS. The molecule has 0 radical (unpaired) electrons. The Labute approximate surface area is 105 Å². The Bertz CT molecular complexity index is 384. The fraction of sp³-hybridized carbons (Fsp3) is 0.636. The molecule has 3 N–H and O–H groups in total. The fourth-order valence-corrected chi connectivity index (χ4v) is 2.12. The highest BCUT2D eigenvalue weighted by molar-refractivity contribution is 7.84. The first-order valence-corrected chi connectivity index (χ1v) is 7.36. The van der Waals surface area contributed by atoms with E-state index in [4.69, 9.17) is 5.73 Å². The molecule has 0 aromatic carbocycles. The van der Waals surface area contributed by atoms with Crippen molar-refractivity contribution in [3.05, 3.63) is 11.9 Å². The van der Waals surface area contributed by atoms with Gasteiger partial charge in [0, 0.05) is 34.4 Å². The molecule has 0 spiro atoms. The smallest absolute Gasteiger partial charge is 0.134 e. The van der Waals surface area contributed by atoms with Crippen LogP contribution in [0.2, 0.25) is 0 Å². The van der Waals surface area contributed by atoms with Gasteiger partial charge in [-0.3, -0.25) is 4.21 Å². The largest absolute Gasteiger partial charge is 0.383 e. The molecule has 1 rings (SSSR count). The van der Waals surface area contributed by atoms with Crippen LogP contribution in [0.3, 0.4) is 0 Å². The van der Waals surface area contributed by atoms with Crippen molar-refractivity contribution in [3.8, 4) is 0 Å². The van der Waals surface area contributed by atoms with Gasteiger partial charge in [0.15, 0.2) is 0 Å². The van der Waals surface area contributed by atoms with Crippen LogP contribution in [-0.4, -0.2) is 32.2 Å². The summed E-state index contributed by atoms with van der Waals surface area (Å²) in [5.74, 6) is 2.62. The molecule has 0 aliphatic rings. The van der Waals surface area contributed by atoms with Crippen LogP contribution in [0.1, 0.15) is 25.8 Å². The number of rotatable bonds is 7. The molecule has 0 fully saturated rings. The molecule has 0 aliphatic heterocycles. The summed E-state index contributed by atoms with van der Waals surface area (Å²) in [4.78, 5) is 8.16. The average Bonchev–Trinajstić information content (AvgIpc) is 2.33. The summed E-state index contributed by atoms with van der Waals surface area (Å²) in [5.41, 5.74) is 6.77. The molecule has 0 bridgehead atoms. The first-order valence-electron chi connectivity index (χ1n) is 5.87. The molecule has 96 valence electrons. The van der Waals surface area contributed by atoms with Crippen molar-refractivity contribution in [1.82, 2.24) is 9.97 Å². The van der Waals surface area contributed by atoms with E-state index in [1.54, 1.807) is 0 Å². The van der Waals surface area contributed by atoms with E-state index in [0.29, 0.717) is 23.9 Å². The van der Waals surface area contributed by atoms with Crippen LogP contribution in [0, 0.1) is 0 Å². The monoisotopic (exact) mass is 256 g/mol. The molecule has 0 saturated carbocycles. The molecule has 1 unspecified atom stereocenters. The van der Waals surface area contributed by atoms with Crippen molar-refractivity contribution in [3.63, 3.8) is 0 Å². The van der Waals surface area contributed by atoms with Gasteiger partial charge in [-0.2, -0.15) is 0 Å². The molecule has 1 heterocycles. The maximum absolute atomic E-state index is 11.3. The molecule has 0 saturated heterocycles. The zero-order chi connectivity index (χ0) is 12.7. The van der Waals surface area contributed by atoms with Gasteiger partial charge in [0.1, 0.15) is 18.0 Å². The van der Waals surface area contributed by atoms with E-state index >= 15 is 0 Å². The van der Waals surface area contributed by atoms with Crippen LogP contribution in [0.4, 0.5) is 11.6 Å². The van der Waals surface area contributed by atoms with Crippen LogP contribution in [0.25, 0.3) is 0 Å². The summed E-state index contributed by atoms with van der Waals surface area (Å²) >= 11 is 0. The number of hydrogen-bond donors (Lipinski definition) is 2. The van der Waals surface area contributed by atoms with E-state index in [1.165, 1.54) is 6.33 Å². The first kappa shape index (κ1) is 13.9. The predicted molar refractivity (Wildman–Crippen MR) is 72.5 cm³/mol. The van der Waals surface area contributed by atoms with Crippen molar-refractivity contribution in [2.75, 3.05) is 29.1 Å². The number of nitrogens with two attached hydrogens (primary N) is 1. The number of anilines is 2. The van der Waals surface area contributed by atoms with Crippen LogP contribution >= 0.6 is 0 Å². The maximum Gasteiger partial charge on any atom is 0.134 e. The topological polar surface area (TPSA) is 80.9 Å². The lowest BCUT2D eigenvalue weighted by atomic mass is 10.1. The Morgan fingerprint density at radius 2 is 2.18 bits per heavy atom. The minimum Gasteiger partial charge on any atom is -0.383 e. The summed E-state index contributed by atoms with van der Waals surface area (Å²) in [6, 6.07) is 0. The predicted octanol–water partition coefficient (Wildman–Crippen LogP) is 1.19. The lowest BCUT2D eigenvalue weighted by molar-refractivity contribution is 0.684. The molecule has 0 aliphatic carbocycles. The van der Waals surface area contributed by atoms with Crippen molar-refractivity contribution < 1.29 is 4.21 Å². The normalized spacial score (nSPS) is 12.4. The third-order valence-corrected chi connectivity index (χ3v) is 3.73. The zero-order valence-corrected chi connectivity index (χ0v) is 11.2. The minimum atomic E-state index is -0.753. The molecular weight excluding hydrogens is 236 g/mol. The van der Waals surface area contributed by atoms with Crippen molar-refractivity contribution >= 4 is 22.4 Å². The van der Waals surface area contributed by atoms with Gasteiger partial charge in [0.05, 0.1) is 0 Å². The Morgan fingerprint density at radius 1 is 1.41 bits per heavy atom.